The summed E-state index contributed by atoms with van der Waals surface area (Å²) in [4.78, 5) is 1.17. The molecule has 0 aromatic carbocycles. The zero-order valence-electron chi connectivity index (χ0n) is 9.50. The van der Waals surface area contributed by atoms with E-state index in [0.717, 1.165) is 30.3 Å². The zero-order valence-corrected chi connectivity index (χ0v) is 11.1. The first-order valence-electron chi connectivity index (χ1n) is 5.75. The summed E-state index contributed by atoms with van der Waals surface area (Å²) in [6.45, 7) is 3.95. The highest BCUT2D eigenvalue weighted by molar-refractivity contribution is 7.16. The number of piperidine rings is 1. The third kappa shape index (κ3) is 2.98. The van der Waals surface area contributed by atoms with Crippen molar-refractivity contribution in [2.75, 3.05) is 13.1 Å². The van der Waals surface area contributed by atoms with Crippen LogP contribution in [0.5, 0.6) is 0 Å². The quantitative estimate of drug-likeness (QED) is 0.875. The molecule has 0 bridgehead atoms. The number of aliphatic hydroxyl groups is 1. The summed E-state index contributed by atoms with van der Waals surface area (Å²) in [7, 11) is 0. The van der Waals surface area contributed by atoms with Crippen molar-refractivity contribution < 1.29 is 5.11 Å². The van der Waals surface area contributed by atoms with Crippen molar-refractivity contribution in [3.8, 4) is 0 Å². The Bertz CT molecular complexity index is 345. The Morgan fingerprint density at radius 1 is 1.62 bits per heavy atom. The van der Waals surface area contributed by atoms with Crippen molar-refractivity contribution in [1.82, 2.24) is 5.32 Å². The summed E-state index contributed by atoms with van der Waals surface area (Å²) in [6.07, 6.45) is 2.97. The van der Waals surface area contributed by atoms with Crippen molar-refractivity contribution in [3.05, 3.63) is 21.3 Å². The minimum Gasteiger partial charge on any atom is -0.389 e. The van der Waals surface area contributed by atoms with E-state index in [9.17, 15) is 5.11 Å². The third-order valence-corrected chi connectivity index (χ3v) is 4.57. The maximum absolute atomic E-state index is 10.5. The molecule has 16 heavy (non-hydrogen) atoms. The molecule has 2 unspecified atom stereocenters. The molecular formula is C12H18ClNOS. The molecule has 0 spiro atoms. The van der Waals surface area contributed by atoms with Gasteiger partial charge in [0, 0.05) is 23.8 Å². The van der Waals surface area contributed by atoms with Gasteiger partial charge in [0.25, 0.3) is 0 Å². The number of hydrogen-bond donors (Lipinski definition) is 2. The Labute approximate surface area is 106 Å². The molecule has 1 aliphatic rings. The third-order valence-electron chi connectivity index (χ3n) is 3.34. The molecule has 0 radical (unpaired) electrons. The second-order valence-corrected chi connectivity index (χ2v) is 6.58. The molecule has 1 fully saturated rings. The van der Waals surface area contributed by atoms with Crippen LogP contribution in [-0.4, -0.2) is 23.8 Å². The van der Waals surface area contributed by atoms with Gasteiger partial charge in [-0.25, -0.2) is 0 Å². The zero-order chi connectivity index (χ0) is 11.6. The number of nitrogens with one attached hydrogen (secondary N) is 1. The Balaban J connectivity index is 2.00. The Hall–Kier alpha value is -0.0900. The van der Waals surface area contributed by atoms with Crippen LogP contribution in [0.15, 0.2) is 12.1 Å². The molecule has 0 amide bonds. The lowest BCUT2D eigenvalue weighted by Gasteiger charge is -2.35. The van der Waals surface area contributed by atoms with E-state index in [2.05, 4.69) is 5.32 Å². The molecule has 2 nitrogen and oxygen atoms in total. The average Bonchev–Trinajstić information content (AvgIpc) is 2.64. The first-order chi connectivity index (χ1) is 7.58. The van der Waals surface area contributed by atoms with E-state index in [-0.39, 0.29) is 0 Å². The minimum absolute atomic E-state index is 0.349. The van der Waals surface area contributed by atoms with Gasteiger partial charge in [-0.3, -0.25) is 0 Å². The van der Waals surface area contributed by atoms with Crippen molar-refractivity contribution in [3.63, 3.8) is 0 Å². The van der Waals surface area contributed by atoms with E-state index in [1.807, 2.05) is 19.1 Å². The van der Waals surface area contributed by atoms with Crippen LogP contribution in [0.1, 0.15) is 24.6 Å². The molecule has 0 saturated carbocycles. The van der Waals surface area contributed by atoms with Gasteiger partial charge in [-0.05, 0) is 38.4 Å². The Morgan fingerprint density at radius 3 is 3.00 bits per heavy atom. The average molecular weight is 260 g/mol. The van der Waals surface area contributed by atoms with Crippen LogP contribution in [0, 0.1) is 5.92 Å². The van der Waals surface area contributed by atoms with Crippen LogP contribution in [0.2, 0.25) is 4.34 Å². The lowest BCUT2D eigenvalue weighted by atomic mass is 9.81. The van der Waals surface area contributed by atoms with Gasteiger partial charge >= 0.3 is 0 Å². The number of rotatable bonds is 3. The standard InChI is InChI=1S/C12H18ClNOS/c1-12(15,9-3-2-6-14-8-9)7-10-4-5-11(13)16-10/h4-5,9,14-15H,2-3,6-8H2,1H3. The predicted molar refractivity (Wildman–Crippen MR) is 69.3 cm³/mol. The highest BCUT2D eigenvalue weighted by Crippen LogP contribution is 2.31. The van der Waals surface area contributed by atoms with Gasteiger partial charge in [0.05, 0.1) is 9.94 Å². The molecule has 2 heterocycles. The fraction of sp³-hybridized carbons (Fsp3) is 0.667. The summed E-state index contributed by atoms with van der Waals surface area (Å²) in [6, 6.07) is 3.91. The van der Waals surface area contributed by atoms with Crippen LogP contribution >= 0.6 is 22.9 Å². The van der Waals surface area contributed by atoms with Gasteiger partial charge < -0.3 is 10.4 Å². The first-order valence-corrected chi connectivity index (χ1v) is 6.95. The molecule has 1 aromatic heterocycles. The SMILES string of the molecule is CC(O)(Cc1ccc(Cl)s1)C1CCCNC1. The Kier molecular flexibility index (Phi) is 3.90. The molecule has 90 valence electrons. The topological polar surface area (TPSA) is 32.3 Å². The molecule has 4 heteroatoms. The van der Waals surface area contributed by atoms with Crippen molar-refractivity contribution in [2.45, 2.75) is 31.8 Å². The van der Waals surface area contributed by atoms with Crippen LogP contribution in [-0.2, 0) is 6.42 Å². The maximum Gasteiger partial charge on any atom is 0.0931 e. The maximum atomic E-state index is 10.5. The molecule has 2 N–H and O–H groups in total. The highest BCUT2D eigenvalue weighted by Gasteiger charge is 2.33. The van der Waals surface area contributed by atoms with Crippen LogP contribution in [0.3, 0.4) is 0 Å². The smallest absolute Gasteiger partial charge is 0.0931 e. The number of halogens is 1. The van der Waals surface area contributed by atoms with E-state index in [0.29, 0.717) is 12.3 Å². The molecule has 2 rings (SSSR count). The summed E-state index contributed by atoms with van der Waals surface area (Å²) >= 11 is 7.46. The predicted octanol–water partition coefficient (Wildman–Crippen LogP) is 2.69. The van der Waals surface area contributed by atoms with Crippen LogP contribution in [0.25, 0.3) is 0 Å². The van der Waals surface area contributed by atoms with Gasteiger partial charge in [-0.15, -0.1) is 11.3 Å². The summed E-state index contributed by atoms with van der Waals surface area (Å²) in [5, 5.41) is 13.9. The number of hydrogen-bond acceptors (Lipinski definition) is 3. The van der Waals surface area contributed by atoms with E-state index in [4.69, 9.17) is 11.6 Å². The normalized spacial score (nSPS) is 25.3. The number of thiophene rings is 1. The summed E-state index contributed by atoms with van der Waals surface area (Å²) in [5.74, 6) is 0.349. The monoisotopic (exact) mass is 259 g/mol. The van der Waals surface area contributed by atoms with Gasteiger partial charge in [0.2, 0.25) is 0 Å². The van der Waals surface area contributed by atoms with E-state index in [1.54, 1.807) is 11.3 Å². The van der Waals surface area contributed by atoms with Crippen LogP contribution < -0.4 is 5.32 Å². The van der Waals surface area contributed by atoms with E-state index < -0.39 is 5.60 Å². The fourth-order valence-electron chi connectivity index (χ4n) is 2.33. The molecule has 1 aliphatic heterocycles. The lowest BCUT2D eigenvalue weighted by molar-refractivity contribution is -0.00953. The molecule has 0 aliphatic carbocycles. The molecule has 1 saturated heterocycles. The van der Waals surface area contributed by atoms with Crippen molar-refractivity contribution >= 4 is 22.9 Å². The second-order valence-electron chi connectivity index (χ2n) is 4.78. The molecular weight excluding hydrogens is 242 g/mol. The van der Waals surface area contributed by atoms with E-state index >= 15 is 0 Å². The van der Waals surface area contributed by atoms with Crippen molar-refractivity contribution in [2.24, 2.45) is 5.92 Å². The Morgan fingerprint density at radius 2 is 2.44 bits per heavy atom. The van der Waals surface area contributed by atoms with Gasteiger partial charge in [0.1, 0.15) is 0 Å². The first kappa shape index (κ1) is 12.4. The molecule has 1 aromatic rings. The largest absolute Gasteiger partial charge is 0.389 e. The minimum atomic E-state index is -0.623. The van der Waals surface area contributed by atoms with Gasteiger partial charge in [-0.1, -0.05) is 11.6 Å². The van der Waals surface area contributed by atoms with Gasteiger partial charge in [0.15, 0.2) is 0 Å². The second kappa shape index (κ2) is 5.05. The van der Waals surface area contributed by atoms with Crippen LogP contribution in [0.4, 0.5) is 0 Å². The van der Waals surface area contributed by atoms with Gasteiger partial charge in [-0.2, -0.15) is 0 Å². The summed E-state index contributed by atoms with van der Waals surface area (Å²) < 4.78 is 0.799. The highest BCUT2D eigenvalue weighted by atomic mass is 35.5. The lowest BCUT2D eigenvalue weighted by Crippen LogP contribution is -2.45. The van der Waals surface area contributed by atoms with Crippen molar-refractivity contribution in [1.29, 1.82) is 0 Å². The van der Waals surface area contributed by atoms with E-state index in [1.165, 1.54) is 4.88 Å². The fourth-order valence-corrected chi connectivity index (χ4v) is 3.57. The summed E-state index contributed by atoms with van der Waals surface area (Å²) in [5.41, 5.74) is -0.623. The molecule has 2 atom stereocenters.